The molecule has 6 aromatic rings. The van der Waals surface area contributed by atoms with Gasteiger partial charge in [-0.3, -0.25) is 9.13 Å². The quantitative estimate of drug-likeness (QED) is 0.165. The van der Waals surface area contributed by atoms with Crippen LogP contribution < -0.4 is 16.3 Å². The maximum atomic E-state index is 5.73. The second kappa shape index (κ2) is 11.5. The molecule has 1 atom stereocenters. The number of benzene rings is 4. The Morgan fingerprint density at radius 2 is 0.807 bits per heavy atom. The van der Waals surface area contributed by atoms with E-state index in [1.807, 2.05) is 0 Å². The number of aliphatic imine (C=N–C) groups is 3. The van der Waals surface area contributed by atoms with Crippen LogP contribution in [0.2, 0.25) is 0 Å². The third-order valence-electron chi connectivity index (χ3n) is 15.3. The fraction of sp³-hybridized carbons (Fsp3) is 0.367. The Kier molecular flexibility index (Phi) is 7.21. The molecule has 0 saturated heterocycles. The Bertz CT molecular complexity index is 3230. The molecule has 0 spiro atoms. The van der Waals surface area contributed by atoms with Crippen molar-refractivity contribution < 1.29 is 0 Å². The van der Waals surface area contributed by atoms with Crippen LogP contribution in [-0.4, -0.2) is 26.6 Å². The van der Waals surface area contributed by atoms with E-state index >= 15 is 0 Å². The van der Waals surface area contributed by atoms with E-state index < -0.39 is 0 Å². The number of anilines is 1. The molecule has 0 radical (unpaired) electrons. The first-order chi connectivity index (χ1) is 27.0. The highest BCUT2D eigenvalue weighted by atomic mass is 15.3. The van der Waals surface area contributed by atoms with Gasteiger partial charge in [0.15, 0.2) is 17.5 Å². The fourth-order valence-electron chi connectivity index (χ4n) is 10.5. The predicted molar refractivity (Wildman–Crippen MR) is 236 cm³/mol. The molecule has 8 nitrogen and oxygen atoms in total. The van der Waals surface area contributed by atoms with Crippen molar-refractivity contribution in [2.45, 2.75) is 124 Å². The van der Waals surface area contributed by atoms with Gasteiger partial charge in [0.2, 0.25) is 0 Å². The van der Waals surface area contributed by atoms with Crippen molar-refractivity contribution in [2.24, 2.45) is 25.0 Å². The Morgan fingerprint density at radius 1 is 0.386 bits per heavy atom. The Morgan fingerprint density at radius 3 is 1.35 bits per heavy atom. The van der Waals surface area contributed by atoms with Crippen LogP contribution in [0.25, 0.3) is 21.5 Å². The van der Waals surface area contributed by atoms with Gasteiger partial charge in [-0.25, -0.2) is 25.0 Å². The first-order valence-electron chi connectivity index (χ1n) is 20.4. The molecule has 1 unspecified atom stereocenters. The highest BCUT2D eigenvalue weighted by Crippen LogP contribution is 2.47. The summed E-state index contributed by atoms with van der Waals surface area (Å²) in [6.07, 6.45) is -0.334. The lowest BCUT2D eigenvalue weighted by Gasteiger charge is -2.22. The molecule has 288 valence electrons. The molecular formula is C49H52N8. The number of aromatic nitrogens is 2. The van der Waals surface area contributed by atoms with Crippen LogP contribution >= 0.6 is 0 Å². The van der Waals surface area contributed by atoms with E-state index in [0.717, 1.165) is 67.1 Å². The average molecular weight is 753 g/mol. The lowest BCUT2D eigenvalue weighted by atomic mass is 9.88. The third kappa shape index (κ3) is 4.26. The van der Waals surface area contributed by atoms with Crippen LogP contribution in [-0.2, 0) is 6.67 Å². The summed E-state index contributed by atoms with van der Waals surface area (Å²) in [6, 6.07) is 0. The van der Waals surface area contributed by atoms with E-state index in [9.17, 15) is 0 Å². The van der Waals surface area contributed by atoms with Crippen LogP contribution in [0.1, 0.15) is 117 Å². The lowest BCUT2D eigenvalue weighted by molar-refractivity contribution is 0.580. The van der Waals surface area contributed by atoms with E-state index in [-0.39, 0.29) is 6.17 Å². The van der Waals surface area contributed by atoms with E-state index in [2.05, 4.69) is 125 Å². The molecular weight excluding hydrogens is 701 g/mol. The fourth-order valence-corrected chi connectivity index (χ4v) is 10.5. The molecule has 1 N–H and O–H groups in total. The highest BCUT2D eigenvalue weighted by Gasteiger charge is 2.37. The number of hydrogen-bond acceptors (Lipinski definition) is 6. The smallest absolute Gasteiger partial charge is 0.165 e. The number of nitrogens with zero attached hydrogens (tertiary/aromatic N) is 7. The summed E-state index contributed by atoms with van der Waals surface area (Å²) in [6.45, 7) is 36.3. The van der Waals surface area contributed by atoms with Gasteiger partial charge in [-0.1, -0.05) is 0 Å². The molecule has 0 fully saturated rings. The largest absolute Gasteiger partial charge is 0.345 e. The lowest BCUT2D eigenvalue weighted by Crippen LogP contribution is -2.33. The zero-order valence-electron chi connectivity index (χ0n) is 36.4. The number of amidine groups is 3. The summed E-state index contributed by atoms with van der Waals surface area (Å²) in [5.74, 6) is 4.11. The van der Waals surface area contributed by atoms with Crippen LogP contribution in [0.3, 0.4) is 0 Å². The Labute approximate surface area is 334 Å². The SMILES string of the molecule is Cc1c(C)c(C)c2c(c1C)C1=NC2=Nc2c3c(C)c(C)c(C)c(C)c3c3n2Cn2c(c4c(C)c(C)c(C)c(C)c4c2=NC2=NC(N3)c3c(C)c(C)c(C)c(C)c32)=N1. The molecule has 6 heterocycles. The van der Waals surface area contributed by atoms with Gasteiger partial charge in [0.05, 0.1) is 0 Å². The van der Waals surface area contributed by atoms with Gasteiger partial charge < -0.3 is 5.32 Å². The van der Waals surface area contributed by atoms with Gasteiger partial charge in [-0.05, 0) is 200 Å². The molecule has 0 saturated carbocycles. The van der Waals surface area contributed by atoms with Crippen LogP contribution in [0.5, 0.6) is 0 Å². The minimum atomic E-state index is -0.334. The van der Waals surface area contributed by atoms with E-state index in [1.165, 1.54) is 100.0 Å². The minimum absolute atomic E-state index is 0.334. The van der Waals surface area contributed by atoms with Crippen molar-refractivity contribution in [1.29, 1.82) is 0 Å². The number of aryl methyl sites for hydroxylation is 4. The molecule has 8 heteroatoms. The van der Waals surface area contributed by atoms with Crippen molar-refractivity contribution in [1.82, 2.24) is 9.13 Å². The summed E-state index contributed by atoms with van der Waals surface area (Å²) in [5, 5.41) is 8.67. The Balaban J connectivity index is 1.52. The summed E-state index contributed by atoms with van der Waals surface area (Å²) >= 11 is 0. The van der Waals surface area contributed by atoms with Crippen molar-refractivity contribution in [3.63, 3.8) is 0 Å². The maximum Gasteiger partial charge on any atom is 0.165 e. The van der Waals surface area contributed by atoms with Crippen molar-refractivity contribution in [3.8, 4) is 0 Å². The van der Waals surface area contributed by atoms with E-state index in [0.29, 0.717) is 12.5 Å². The van der Waals surface area contributed by atoms with Crippen molar-refractivity contribution in [2.75, 3.05) is 5.32 Å². The van der Waals surface area contributed by atoms with E-state index in [4.69, 9.17) is 25.0 Å². The maximum absolute atomic E-state index is 5.73. The third-order valence-corrected chi connectivity index (χ3v) is 15.3. The number of hydrogen-bond donors (Lipinski definition) is 1. The highest BCUT2D eigenvalue weighted by molar-refractivity contribution is 6.25. The summed E-state index contributed by atoms with van der Waals surface area (Å²) in [5.41, 5.74) is 26.3. The van der Waals surface area contributed by atoms with Gasteiger partial charge >= 0.3 is 0 Å². The molecule has 2 aromatic heterocycles. The molecule has 10 rings (SSSR count). The Hall–Kier alpha value is -5.63. The number of fused-ring (bicyclic) bond motifs is 14. The first-order valence-corrected chi connectivity index (χ1v) is 20.4. The van der Waals surface area contributed by atoms with Gasteiger partial charge in [0.25, 0.3) is 0 Å². The second-order valence-corrected chi connectivity index (χ2v) is 17.4. The molecule has 0 amide bonds. The van der Waals surface area contributed by atoms with Crippen LogP contribution in [0, 0.1) is 111 Å². The summed E-state index contributed by atoms with van der Waals surface area (Å²) in [4.78, 5) is 28.1. The first kappa shape index (κ1) is 35.8. The van der Waals surface area contributed by atoms with Gasteiger partial charge in [-0.2, -0.15) is 0 Å². The number of nitrogens with one attached hydrogen (secondary N) is 1. The molecule has 0 aliphatic carbocycles. The van der Waals surface area contributed by atoms with Crippen LogP contribution in [0.15, 0.2) is 25.0 Å². The summed E-state index contributed by atoms with van der Waals surface area (Å²) < 4.78 is 4.73. The minimum Gasteiger partial charge on any atom is -0.345 e. The molecule has 4 aliphatic rings. The number of rotatable bonds is 0. The van der Waals surface area contributed by atoms with E-state index in [1.54, 1.807) is 0 Å². The van der Waals surface area contributed by atoms with Crippen molar-refractivity contribution in [3.05, 3.63) is 122 Å². The van der Waals surface area contributed by atoms with Gasteiger partial charge in [-0.15, -0.1) is 0 Å². The summed E-state index contributed by atoms with van der Waals surface area (Å²) in [7, 11) is 0. The normalized spacial score (nSPS) is 16.2. The zero-order valence-corrected chi connectivity index (χ0v) is 36.4. The zero-order chi connectivity index (χ0) is 40.6. The molecule has 4 aliphatic heterocycles. The predicted octanol–water partition coefficient (Wildman–Crippen LogP) is 10.0. The molecule has 57 heavy (non-hydrogen) atoms. The van der Waals surface area contributed by atoms with Gasteiger partial charge in [0.1, 0.15) is 35.4 Å². The molecule has 6 bridgehead atoms. The monoisotopic (exact) mass is 752 g/mol. The van der Waals surface area contributed by atoms with Crippen molar-refractivity contribution >= 4 is 50.7 Å². The standard InChI is InChI=1S/C49H52N8/c1-18-19(2)27(10)35-34(26(18)9)42-50-43(35)53-47-40-32(15)24(7)25(8)33(16)41(40)49-55-45-37-29(12)21(4)20(3)28(11)36(37)44(51-45)54-48-39-31(14)23(6)22(5)30(13)38(39)46(52-42)56(48)17-57(47)49/h42,52H,17H2,1-16H3. The average Bonchev–Trinajstić information content (AvgIpc) is 3.90. The molecule has 4 aromatic carbocycles. The van der Waals surface area contributed by atoms with Gasteiger partial charge in [0, 0.05) is 43.8 Å². The topological polar surface area (TPSA) is 83.7 Å². The van der Waals surface area contributed by atoms with Crippen LogP contribution in [0.4, 0.5) is 11.6 Å². The second-order valence-electron chi connectivity index (χ2n) is 17.4.